The summed E-state index contributed by atoms with van der Waals surface area (Å²) in [4.78, 5) is 69.7. The molecule has 0 bridgehead atoms. The predicted octanol–water partition coefficient (Wildman–Crippen LogP) is 15.0. The van der Waals surface area contributed by atoms with E-state index in [1.807, 2.05) is 56.1 Å². The topological polar surface area (TPSA) is 350 Å². The molecule has 3 amide bonds. The maximum Gasteiger partial charge on any atom is 0.410 e. The number of sulfonamides is 2. The quantitative estimate of drug-likeness (QED) is 0.0165. The second-order valence-electron chi connectivity index (χ2n) is 30.4. The zero-order valence-electron chi connectivity index (χ0n) is 62.5. The molecule has 109 heavy (non-hydrogen) atoms. The van der Waals surface area contributed by atoms with Gasteiger partial charge < -0.3 is 44.5 Å². The van der Waals surface area contributed by atoms with Crippen molar-refractivity contribution in [2.75, 3.05) is 50.0 Å². The number of carbonyl (C=O) groups is 4. The Balaban J connectivity index is 0.000000228. The number of alkyl halides is 6. The molecule has 6 aromatic rings. The molecule has 4 unspecified atom stereocenters. The Morgan fingerprint density at radius 3 is 1.36 bits per heavy atom. The molecule has 0 radical (unpaired) electrons. The summed E-state index contributed by atoms with van der Waals surface area (Å²) in [6.07, 6.45) is 3.12. The number of aromatic carboxylic acids is 1. The van der Waals surface area contributed by atoms with Gasteiger partial charge in [0, 0.05) is 61.8 Å². The molecule has 0 aromatic carbocycles. The van der Waals surface area contributed by atoms with Crippen LogP contribution in [0.25, 0.3) is 11.6 Å². The molecule has 2 aliphatic heterocycles. The Kier molecular flexibility index (Phi) is 27.7. The highest BCUT2D eigenvalue weighted by molar-refractivity contribution is 7.90. The van der Waals surface area contributed by atoms with Crippen LogP contribution in [0.1, 0.15) is 193 Å². The number of nitrogens with two attached hydrogens (primary N) is 1. The van der Waals surface area contributed by atoms with Gasteiger partial charge in [-0.15, -0.1) is 10.2 Å². The van der Waals surface area contributed by atoms with E-state index >= 15 is 0 Å². The SMILES string of the molecule is CCCC1(C)CC(CCCNc2cccc(S(=O)(=O)NC(=O)c3ccc(-n4ccc(OCCC5(C(F)(F)F)CC5)n4)nc3Cl)n2)CN1C(=O)OC(C)(C)C.CCCC1(C)CC(CCCNc2cccc(S(N)(=O)=O)n2)CN1C(=O)OC(C)(C)C.O=C(O)c1ccc(-n2ccc(OCCC3(C(F)(F)F)CC3)n2)nc1Cl. The largest absolute Gasteiger partial charge is 0.478 e. The number of carboxylic acid groups (broad SMARTS) is 1. The lowest BCUT2D eigenvalue weighted by Crippen LogP contribution is -2.47. The van der Waals surface area contributed by atoms with Gasteiger partial charge in [0.2, 0.25) is 11.8 Å². The van der Waals surface area contributed by atoms with Crippen LogP contribution >= 0.6 is 23.2 Å². The summed E-state index contributed by atoms with van der Waals surface area (Å²) in [5, 5.41) is 27.5. The number of pyridine rings is 4. The van der Waals surface area contributed by atoms with Gasteiger partial charge in [0.1, 0.15) is 33.1 Å². The molecule has 2 saturated carbocycles. The van der Waals surface area contributed by atoms with Gasteiger partial charge >= 0.3 is 30.5 Å². The van der Waals surface area contributed by atoms with E-state index < -0.39 is 66.3 Å². The first-order valence-corrected chi connectivity index (χ1v) is 39.7. The monoisotopic (exact) mass is 1610 g/mol. The van der Waals surface area contributed by atoms with Crippen molar-refractivity contribution in [1.29, 1.82) is 0 Å². The van der Waals surface area contributed by atoms with Crippen LogP contribution in [-0.2, 0) is 29.5 Å². The third-order valence-electron chi connectivity index (χ3n) is 19.2. The van der Waals surface area contributed by atoms with E-state index in [0.717, 1.165) is 64.2 Å². The molecule has 6 aromatic heterocycles. The van der Waals surface area contributed by atoms with Gasteiger partial charge in [0.05, 0.1) is 35.2 Å². The van der Waals surface area contributed by atoms with E-state index in [1.165, 1.54) is 76.4 Å². The Hall–Kier alpha value is -8.28. The third-order valence-corrected chi connectivity index (χ3v) is 21.8. The van der Waals surface area contributed by atoms with Crippen molar-refractivity contribution in [1.82, 2.24) is 54.0 Å². The van der Waals surface area contributed by atoms with Crippen LogP contribution in [0.2, 0.25) is 10.3 Å². The van der Waals surface area contributed by atoms with Crippen molar-refractivity contribution in [2.24, 2.45) is 27.8 Å². The minimum atomic E-state index is -4.41. The number of ether oxygens (including phenoxy) is 4. The summed E-state index contributed by atoms with van der Waals surface area (Å²) in [5.41, 5.74) is -5.22. The van der Waals surface area contributed by atoms with E-state index in [2.05, 4.69) is 68.5 Å². The highest BCUT2D eigenvalue weighted by atomic mass is 35.5. The number of likely N-dealkylation sites (tertiary alicyclic amines) is 2. The Bertz CT molecular complexity index is 4400. The number of aromatic nitrogens is 8. The number of primary sulfonamides is 1. The number of hydrogen-bond donors (Lipinski definition) is 5. The Labute approximate surface area is 640 Å². The summed E-state index contributed by atoms with van der Waals surface area (Å²) < 4.78 is 154. The number of nitrogens with zero attached hydrogens (tertiary/aromatic N) is 10. The lowest BCUT2D eigenvalue weighted by Gasteiger charge is -2.36. The fourth-order valence-electron chi connectivity index (χ4n) is 13.3. The Morgan fingerprint density at radius 1 is 0.587 bits per heavy atom. The van der Waals surface area contributed by atoms with Gasteiger partial charge in [0.15, 0.2) is 21.7 Å². The number of carboxylic acids is 1. The molecule has 10 rings (SSSR count). The number of anilines is 2. The standard InChI is InChI=1S/C36H47ClF3N7O6S.C21H36N4O4S.C15H13ClF3N3O3/c1-6-15-34(5)22-24(23-46(34)32(49)53-33(2,3)4)9-8-19-41-26-10-7-11-29(42-26)54(50,51)45-31(48)25-12-13-27(43-30(25)37)47-20-14-28(44-47)52-21-18-35(16-17-35)36(38,39)40;1-6-12-21(5)14-16(15-25(21)19(26)29-20(2,3)4)9-8-13-23-17-10-7-11-18(24-17)30(22,27)28;16-12-9(13(23)24)1-2-10(20-12)22-7-3-11(21-22)25-8-6-14(4-5-14)15(17,18)19/h7,10-14,20,24H,6,8-9,15-19,21-23H2,1-5H3,(H,41,42)(H,45,48);7,10-11,16H,6,8-9,12-15H2,1-5H3,(H,23,24)(H2,22,27,28);1-3,7H,4-6,8H2,(H,23,24). The zero-order valence-corrected chi connectivity index (χ0v) is 65.7. The van der Waals surface area contributed by atoms with Crippen molar-refractivity contribution in [3.05, 3.63) is 107 Å². The molecule has 37 heteroatoms. The fourth-order valence-corrected chi connectivity index (χ4v) is 15.2. The van der Waals surface area contributed by atoms with Crippen LogP contribution < -0.4 is 30.0 Å². The summed E-state index contributed by atoms with van der Waals surface area (Å²) in [6, 6.07) is 17.4. The van der Waals surface area contributed by atoms with Gasteiger partial charge in [0.25, 0.3) is 26.0 Å². The number of hydrogen-bond acceptors (Lipinski definition) is 20. The molecule has 2 saturated heterocycles. The molecule has 4 atom stereocenters. The number of halogens is 8. The van der Waals surface area contributed by atoms with E-state index in [1.54, 1.807) is 18.2 Å². The van der Waals surface area contributed by atoms with Crippen molar-refractivity contribution < 1.29 is 86.4 Å². The second-order valence-corrected chi connectivity index (χ2v) is 34.3. The van der Waals surface area contributed by atoms with Gasteiger partial charge in [-0.2, -0.15) is 34.8 Å². The van der Waals surface area contributed by atoms with Crippen LogP contribution in [0.5, 0.6) is 11.8 Å². The van der Waals surface area contributed by atoms with Crippen LogP contribution in [-0.4, -0.2) is 169 Å². The van der Waals surface area contributed by atoms with Gasteiger partial charge in [-0.25, -0.2) is 62.0 Å². The summed E-state index contributed by atoms with van der Waals surface area (Å²) in [5.74, 6) is -0.101. The first-order valence-electron chi connectivity index (χ1n) is 35.9. The molecule has 8 heterocycles. The maximum atomic E-state index is 13.2. The molecule has 600 valence electrons. The lowest BCUT2D eigenvalue weighted by atomic mass is 9.88. The van der Waals surface area contributed by atoms with E-state index in [0.29, 0.717) is 43.7 Å². The molecular weight excluding hydrogens is 1520 g/mol. The van der Waals surface area contributed by atoms with Crippen molar-refractivity contribution >= 4 is 78.9 Å². The predicted molar refractivity (Wildman–Crippen MR) is 394 cm³/mol. The normalized spacial score (nSPS) is 19.5. The average molecular weight is 1610 g/mol. The van der Waals surface area contributed by atoms with Crippen LogP contribution in [0.15, 0.2) is 95.2 Å². The third kappa shape index (κ3) is 23.6. The molecule has 4 fully saturated rings. The van der Waals surface area contributed by atoms with Crippen LogP contribution in [0.4, 0.5) is 47.6 Å². The molecule has 2 aliphatic carbocycles. The highest BCUT2D eigenvalue weighted by Crippen LogP contribution is 2.61. The van der Waals surface area contributed by atoms with Crippen LogP contribution in [0.3, 0.4) is 0 Å². The van der Waals surface area contributed by atoms with E-state index in [-0.39, 0.29) is 136 Å². The first kappa shape index (κ1) is 86.3. The van der Waals surface area contributed by atoms with Crippen molar-refractivity contribution in [2.45, 2.75) is 217 Å². The minimum Gasteiger partial charge on any atom is -0.478 e. The van der Waals surface area contributed by atoms with E-state index in [4.69, 9.17) is 52.4 Å². The van der Waals surface area contributed by atoms with Gasteiger partial charge in [-0.3, -0.25) is 4.79 Å². The molecule has 27 nitrogen and oxygen atoms in total. The van der Waals surface area contributed by atoms with Gasteiger partial charge in [-0.05, 0) is 206 Å². The number of nitrogens with one attached hydrogen (secondary N) is 3. The summed E-state index contributed by atoms with van der Waals surface area (Å²) >= 11 is 12.1. The first-order chi connectivity index (χ1) is 50.8. The van der Waals surface area contributed by atoms with E-state index in [9.17, 15) is 62.4 Å². The molecule has 4 aliphatic rings. The fraction of sp³-hybridized carbons (Fsp3) is 0.583. The van der Waals surface area contributed by atoms with Crippen molar-refractivity contribution in [3.63, 3.8) is 0 Å². The smallest absolute Gasteiger partial charge is 0.410 e. The zero-order chi connectivity index (χ0) is 80.3. The number of rotatable bonds is 29. The minimum absolute atomic E-state index is 0.0818. The van der Waals surface area contributed by atoms with Crippen LogP contribution in [0, 0.1) is 22.7 Å². The molecular formula is C72H96Cl2F6N14O13S2. The van der Waals surface area contributed by atoms with Crippen molar-refractivity contribution in [3.8, 4) is 23.4 Å². The van der Waals surface area contributed by atoms with Gasteiger partial charge in [-0.1, -0.05) is 62.0 Å². The molecule has 6 N–H and O–H groups in total. The maximum absolute atomic E-state index is 13.2. The number of amides is 3. The lowest BCUT2D eigenvalue weighted by molar-refractivity contribution is -0.190. The Morgan fingerprint density at radius 2 is 0.991 bits per heavy atom. The summed E-state index contributed by atoms with van der Waals surface area (Å²) in [6.45, 7) is 22.0. The summed E-state index contributed by atoms with van der Waals surface area (Å²) in [7, 11) is -8.23. The second kappa shape index (κ2) is 35.0. The highest BCUT2D eigenvalue weighted by Gasteiger charge is 2.63. The molecule has 0 spiro atoms. The average Bonchev–Trinajstić information content (AvgIpc) is 1.61. The number of carbonyl (C=O) groups excluding carboxylic acids is 3.